The highest BCUT2D eigenvalue weighted by molar-refractivity contribution is 4.91. The van der Waals surface area contributed by atoms with Crippen LogP contribution in [0.2, 0.25) is 0 Å². The Labute approximate surface area is 102 Å². The third-order valence-electron chi connectivity index (χ3n) is 2.36. The van der Waals surface area contributed by atoms with E-state index in [4.69, 9.17) is 11.5 Å². The molecular formula is C12H20N4O. The average molecular weight is 236 g/mol. The van der Waals surface area contributed by atoms with E-state index in [-0.39, 0.29) is 6.61 Å². The molecule has 0 saturated carbocycles. The number of nitrogens with one attached hydrogen (secondary N) is 1. The molecule has 0 aliphatic rings. The van der Waals surface area contributed by atoms with Crippen molar-refractivity contribution < 1.29 is 5.11 Å². The Morgan fingerprint density at radius 2 is 2.29 bits per heavy atom. The maximum absolute atomic E-state index is 8.69. The summed E-state index contributed by atoms with van der Waals surface area (Å²) in [6.45, 7) is 2.58. The van der Waals surface area contributed by atoms with E-state index in [2.05, 4.69) is 21.5 Å². The monoisotopic (exact) mass is 236 g/mol. The summed E-state index contributed by atoms with van der Waals surface area (Å²) < 4.78 is 1.76. The molecule has 1 rings (SSSR count). The fourth-order valence-corrected chi connectivity index (χ4v) is 1.46. The van der Waals surface area contributed by atoms with Gasteiger partial charge in [0.15, 0.2) is 0 Å². The van der Waals surface area contributed by atoms with Crippen LogP contribution in [0, 0.1) is 12.3 Å². The minimum atomic E-state index is 0.183. The second-order valence-corrected chi connectivity index (χ2v) is 3.89. The van der Waals surface area contributed by atoms with Gasteiger partial charge < -0.3 is 10.4 Å². The number of hydrogen-bond donors (Lipinski definition) is 2. The van der Waals surface area contributed by atoms with Gasteiger partial charge in [0.2, 0.25) is 0 Å². The molecular weight excluding hydrogens is 216 g/mol. The zero-order valence-corrected chi connectivity index (χ0v) is 10.1. The number of nitrogens with zero attached hydrogens (tertiary/aromatic N) is 3. The van der Waals surface area contributed by atoms with Gasteiger partial charge in [-0.1, -0.05) is 5.21 Å². The van der Waals surface area contributed by atoms with E-state index >= 15 is 0 Å². The van der Waals surface area contributed by atoms with E-state index in [1.165, 1.54) is 0 Å². The van der Waals surface area contributed by atoms with Gasteiger partial charge >= 0.3 is 0 Å². The Kier molecular flexibility index (Phi) is 7.03. The van der Waals surface area contributed by atoms with Gasteiger partial charge in [0.1, 0.15) is 0 Å². The summed E-state index contributed by atoms with van der Waals surface area (Å²) in [5.74, 6) is 2.63. The van der Waals surface area contributed by atoms with Crippen molar-refractivity contribution in [1.29, 1.82) is 0 Å². The molecule has 0 saturated heterocycles. The van der Waals surface area contributed by atoms with Gasteiger partial charge in [-0.2, -0.15) is 0 Å². The van der Waals surface area contributed by atoms with Crippen molar-refractivity contribution in [3.05, 3.63) is 11.9 Å². The lowest BCUT2D eigenvalue weighted by molar-refractivity contribution is 0.276. The fraction of sp³-hybridized carbons (Fsp3) is 0.667. The molecule has 0 atom stereocenters. The summed E-state index contributed by atoms with van der Waals surface area (Å²) in [5.41, 5.74) is 0.930. The smallest absolute Gasteiger partial charge is 0.0964 e. The summed E-state index contributed by atoms with van der Waals surface area (Å²) in [6.07, 6.45) is 10.8. The zero-order valence-electron chi connectivity index (χ0n) is 10.1. The molecule has 0 aliphatic carbocycles. The van der Waals surface area contributed by atoms with Crippen LogP contribution in [0.3, 0.4) is 0 Å². The predicted octanol–water partition coefficient (Wildman–Crippen LogP) is 0.554. The van der Waals surface area contributed by atoms with Crippen LogP contribution >= 0.6 is 0 Å². The normalized spacial score (nSPS) is 10.4. The second-order valence-electron chi connectivity index (χ2n) is 3.89. The molecule has 94 valence electrons. The van der Waals surface area contributed by atoms with Crippen molar-refractivity contribution >= 4 is 0 Å². The number of unbranched alkanes of at least 4 members (excludes halogenated alkanes) is 2. The van der Waals surface area contributed by atoms with Gasteiger partial charge in [-0.3, -0.25) is 4.68 Å². The first kappa shape index (κ1) is 13.7. The summed E-state index contributed by atoms with van der Waals surface area (Å²) in [7, 11) is 0. The van der Waals surface area contributed by atoms with Crippen LogP contribution in [0.15, 0.2) is 6.20 Å². The van der Waals surface area contributed by atoms with Gasteiger partial charge in [-0.05, 0) is 25.8 Å². The molecule has 5 heteroatoms. The molecule has 0 radical (unpaired) electrons. The molecule has 0 unspecified atom stereocenters. The van der Waals surface area contributed by atoms with Crippen LogP contribution in [0.5, 0.6) is 0 Å². The van der Waals surface area contributed by atoms with Crippen molar-refractivity contribution in [2.45, 2.75) is 38.8 Å². The van der Waals surface area contributed by atoms with E-state index in [1.54, 1.807) is 4.68 Å². The summed E-state index contributed by atoms with van der Waals surface area (Å²) in [4.78, 5) is 0. The molecule has 0 bridgehead atoms. The minimum absolute atomic E-state index is 0.183. The molecule has 0 amide bonds. The molecule has 0 fully saturated rings. The molecule has 5 nitrogen and oxygen atoms in total. The molecule has 17 heavy (non-hydrogen) atoms. The Hall–Kier alpha value is -1.38. The van der Waals surface area contributed by atoms with Crippen molar-refractivity contribution in [2.75, 3.05) is 13.2 Å². The number of hydrogen-bond acceptors (Lipinski definition) is 4. The Balaban J connectivity index is 2.10. The van der Waals surface area contributed by atoms with Gasteiger partial charge in [0.25, 0.3) is 0 Å². The topological polar surface area (TPSA) is 63.0 Å². The highest BCUT2D eigenvalue weighted by Crippen LogP contribution is 1.96. The van der Waals surface area contributed by atoms with E-state index in [9.17, 15) is 0 Å². The number of rotatable bonds is 9. The quantitative estimate of drug-likeness (QED) is 0.485. The molecule has 1 aromatic heterocycles. The number of aliphatic hydroxyl groups is 1. The lowest BCUT2D eigenvalue weighted by Gasteiger charge is -2.00. The minimum Gasteiger partial charge on any atom is -0.396 e. The fourth-order valence-electron chi connectivity index (χ4n) is 1.46. The highest BCUT2D eigenvalue weighted by Gasteiger charge is 1.99. The first-order valence-corrected chi connectivity index (χ1v) is 6.01. The number of aliphatic hydroxyl groups excluding tert-OH is 1. The molecule has 0 aliphatic heterocycles. The van der Waals surface area contributed by atoms with Crippen LogP contribution in [0.25, 0.3) is 0 Å². The SMILES string of the molecule is C#CCCCCNCc1cn(CCCO)nn1. The number of terminal acetylenes is 1. The molecule has 0 spiro atoms. The molecule has 2 N–H and O–H groups in total. The summed E-state index contributed by atoms with van der Waals surface area (Å²) in [6, 6.07) is 0. The lowest BCUT2D eigenvalue weighted by atomic mass is 10.2. The summed E-state index contributed by atoms with van der Waals surface area (Å²) in [5, 5.41) is 20.0. The van der Waals surface area contributed by atoms with E-state index in [1.807, 2.05) is 6.20 Å². The molecule has 1 aromatic rings. The third kappa shape index (κ3) is 6.05. The predicted molar refractivity (Wildman–Crippen MR) is 66.1 cm³/mol. The first-order valence-electron chi connectivity index (χ1n) is 6.01. The number of aromatic nitrogens is 3. The Morgan fingerprint density at radius 1 is 1.41 bits per heavy atom. The maximum Gasteiger partial charge on any atom is 0.0964 e. The van der Waals surface area contributed by atoms with Crippen molar-refractivity contribution in [3.63, 3.8) is 0 Å². The van der Waals surface area contributed by atoms with Crippen LogP contribution < -0.4 is 5.32 Å². The number of aryl methyl sites for hydroxylation is 1. The molecule has 1 heterocycles. The average Bonchev–Trinajstić information content (AvgIpc) is 2.79. The van der Waals surface area contributed by atoms with Crippen molar-refractivity contribution in [2.24, 2.45) is 0 Å². The highest BCUT2D eigenvalue weighted by atomic mass is 16.3. The van der Waals surface area contributed by atoms with Gasteiger partial charge in [0.05, 0.1) is 5.69 Å². The third-order valence-corrected chi connectivity index (χ3v) is 2.36. The standard InChI is InChI=1S/C12H20N4O/c1-2-3-4-5-7-13-10-12-11-16(15-14-12)8-6-9-17/h1,11,13,17H,3-10H2. The Bertz CT molecular complexity index is 343. The van der Waals surface area contributed by atoms with Gasteiger partial charge in [-0.15, -0.1) is 17.4 Å². The van der Waals surface area contributed by atoms with Crippen molar-refractivity contribution in [3.8, 4) is 12.3 Å². The van der Waals surface area contributed by atoms with Crippen LogP contribution in [-0.4, -0.2) is 33.3 Å². The lowest BCUT2D eigenvalue weighted by Crippen LogP contribution is -2.14. The maximum atomic E-state index is 8.69. The second kappa shape index (κ2) is 8.74. The summed E-state index contributed by atoms with van der Waals surface area (Å²) >= 11 is 0. The van der Waals surface area contributed by atoms with E-state index in [0.29, 0.717) is 13.0 Å². The van der Waals surface area contributed by atoms with E-state index < -0.39 is 0 Å². The van der Waals surface area contributed by atoms with Crippen LogP contribution in [0.4, 0.5) is 0 Å². The zero-order chi connectivity index (χ0) is 12.3. The van der Waals surface area contributed by atoms with Gasteiger partial charge in [0, 0.05) is 32.3 Å². The van der Waals surface area contributed by atoms with Crippen molar-refractivity contribution in [1.82, 2.24) is 20.3 Å². The van der Waals surface area contributed by atoms with Gasteiger partial charge in [-0.25, -0.2) is 0 Å². The van der Waals surface area contributed by atoms with E-state index in [0.717, 1.165) is 38.0 Å². The Morgan fingerprint density at radius 3 is 3.06 bits per heavy atom. The largest absolute Gasteiger partial charge is 0.396 e. The van der Waals surface area contributed by atoms with Crippen LogP contribution in [-0.2, 0) is 13.1 Å². The van der Waals surface area contributed by atoms with Crippen LogP contribution in [0.1, 0.15) is 31.4 Å². The first-order chi connectivity index (χ1) is 8.36. The molecule has 0 aromatic carbocycles.